The van der Waals surface area contributed by atoms with E-state index in [1.807, 2.05) is 19.1 Å². The summed E-state index contributed by atoms with van der Waals surface area (Å²) in [5.74, 6) is 0.288. The predicted molar refractivity (Wildman–Crippen MR) is 74.3 cm³/mol. The first-order chi connectivity index (χ1) is 8.99. The van der Waals surface area contributed by atoms with Crippen molar-refractivity contribution in [3.8, 4) is 5.75 Å². The maximum atomic E-state index is 10.4. The van der Waals surface area contributed by atoms with Crippen LogP contribution in [0.3, 0.4) is 0 Å². The minimum Gasteiger partial charge on any atom is -0.508 e. The Kier molecular flexibility index (Phi) is 4.45. The minimum atomic E-state index is -0.747. The standard InChI is InChI=1S/C15H23NO3/c1-11(9-13-3-5-14(17)6-4-13)16-10-15(18)7-8-19-12(15)2/h3-6,11-12,16-18H,7-10H2,1-2H3. The van der Waals surface area contributed by atoms with Crippen LogP contribution in [0.2, 0.25) is 0 Å². The number of hydrogen-bond acceptors (Lipinski definition) is 4. The summed E-state index contributed by atoms with van der Waals surface area (Å²) < 4.78 is 5.41. The lowest BCUT2D eigenvalue weighted by molar-refractivity contribution is -0.0273. The summed E-state index contributed by atoms with van der Waals surface area (Å²) in [6, 6.07) is 7.50. The summed E-state index contributed by atoms with van der Waals surface area (Å²) in [5.41, 5.74) is 0.420. The maximum absolute atomic E-state index is 10.4. The van der Waals surface area contributed by atoms with Crippen molar-refractivity contribution in [2.75, 3.05) is 13.2 Å². The summed E-state index contributed by atoms with van der Waals surface area (Å²) >= 11 is 0. The summed E-state index contributed by atoms with van der Waals surface area (Å²) in [7, 11) is 0. The molecule has 1 fully saturated rings. The Bertz CT molecular complexity index is 406. The van der Waals surface area contributed by atoms with E-state index in [2.05, 4.69) is 12.2 Å². The van der Waals surface area contributed by atoms with Crippen LogP contribution < -0.4 is 5.32 Å². The molecule has 0 saturated carbocycles. The van der Waals surface area contributed by atoms with Crippen LogP contribution in [-0.4, -0.2) is 41.1 Å². The van der Waals surface area contributed by atoms with Crippen LogP contribution in [0, 0.1) is 0 Å². The number of nitrogens with one attached hydrogen (secondary N) is 1. The highest BCUT2D eigenvalue weighted by Crippen LogP contribution is 2.25. The topological polar surface area (TPSA) is 61.7 Å². The lowest BCUT2D eigenvalue weighted by Crippen LogP contribution is -2.48. The Morgan fingerprint density at radius 2 is 2.11 bits per heavy atom. The quantitative estimate of drug-likeness (QED) is 0.754. The zero-order valence-electron chi connectivity index (χ0n) is 11.6. The van der Waals surface area contributed by atoms with E-state index in [-0.39, 0.29) is 17.9 Å². The fourth-order valence-electron chi connectivity index (χ4n) is 2.41. The number of benzene rings is 1. The molecule has 1 aromatic rings. The molecule has 1 heterocycles. The molecule has 1 saturated heterocycles. The van der Waals surface area contributed by atoms with E-state index in [9.17, 15) is 10.2 Å². The van der Waals surface area contributed by atoms with Crippen LogP contribution >= 0.6 is 0 Å². The molecule has 0 radical (unpaired) electrons. The molecule has 3 atom stereocenters. The molecule has 1 aliphatic rings. The van der Waals surface area contributed by atoms with Crippen LogP contribution in [0.5, 0.6) is 5.75 Å². The summed E-state index contributed by atoms with van der Waals surface area (Å²) in [5, 5.41) is 23.0. The molecule has 1 aliphatic heterocycles. The number of phenols is 1. The fourth-order valence-corrected chi connectivity index (χ4v) is 2.41. The molecule has 4 nitrogen and oxygen atoms in total. The van der Waals surface area contributed by atoms with Crippen molar-refractivity contribution in [1.29, 1.82) is 0 Å². The van der Waals surface area contributed by atoms with E-state index in [1.165, 1.54) is 5.56 Å². The molecule has 4 heteroatoms. The monoisotopic (exact) mass is 265 g/mol. The molecule has 19 heavy (non-hydrogen) atoms. The smallest absolute Gasteiger partial charge is 0.115 e. The average molecular weight is 265 g/mol. The highest BCUT2D eigenvalue weighted by Gasteiger charge is 2.39. The van der Waals surface area contributed by atoms with Gasteiger partial charge in [0.15, 0.2) is 0 Å². The van der Waals surface area contributed by atoms with Gasteiger partial charge in [-0.3, -0.25) is 0 Å². The third-order valence-electron chi connectivity index (χ3n) is 3.89. The number of ether oxygens (including phenoxy) is 1. The zero-order valence-corrected chi connectivity index (χ0v) is 11.6. The van der Waals surface area contributed by atoms with Crippen molar-refractivity contribution in [2.45, 2.75) is 44.4 Å². The van der Waals surface area contributed by atoms with E-state index in [0.717, 1.165) is 6.42 Å². The number of aromatic hydroxyl groups is 1. The molecule has 0 spiro atoms. The van der Waals surface area contributed by atoms with E-state index >= 15 is 0 Å². The Balaban J connectivity index is 1.81. The molecule has 0 bridgehead atoms. The normalized spacial score (nSPS) is 28.5. The maximum Gasteiger partial charge on any atom is 0.115 e. The largest absolute Gasteiger partial charge is 0.508 e. The van der Waals surface area contributed by atoms with E-state index in [4.69, 9.17) is 4.74 Å². The minimum absolute atomic E-state index is 0.110. The molecule has 0 aliphatic carbocycles. The lowest BCUT2D eigenvalue weighted by atomic mass is 9.96. The van der Waals surface area contributed by atoms with Crippen LogP contribution in [-0.2, 0) is 11.2 Å². The van der Waals surface area contributed by atoms with Gasteiger partial charge in [0.1, 0.15) is 11.4 Å². The molecule has 3 N–H and O–H groups in total. The first-order valence-corrected chi connectivity index (χ1v) is 6.85. The van der Waals surface area contributed by atoms with Crippen molar-refractivity contribution >= 4 is 0 Å². The molecule has 0 aromatic heterocycles. The van der Waals surface area contributed by atoms with Gasteiger partial charge in [-0.25, -0.2) is 0 Å². The molecule has 3 unspecified atom stereocenters. The van der Waals surface area contributed by atoms with Gasteiger partial charge in [-0.1, -0.05) is 12.1 Å². The first-order valence-electron chi connectivity index (χ1n) is 6.85. The second-order valence-electron chi connectivity index (χ2n) is 5.52. The van der Waals surface area contributed by atoms with Crippen LogP contribution in [0.4, 0.5) is 0 Å². The van der Waals surface area contributed by atoms with Gasteiger partial charge in [0, 0.05) is 25.6 Å². The molecular weight excluding hydrogens is 242 g/mol. The third-order valence-corrected chi connectivity index (χ3v) is 3.89. The van der Waals surface area contributed by atoms with E-state index in [1.54, 1.807) is 12.1 Å². The van der Waals surface area contributed by atoms with Crippen molar-refractivity contribution in [2.24, 2.45) is 0 Å². The zero-order chi connectivity index (χ0) is 13.9. The summed E-state index contributed by atoms with van der Waals surface area (Å²) in [6.07, 6.45) is 1.44. The molecular formula is C15H23NO3. The van der Waals surface area contributed by atoms with Crippen molar-refractivity contribution < 1.29 is 14.9 Å². The molecule has 2 rings (SSSR count). The highest BCUT2D eigenvalue weighted by atomic mass is 16.5. The Hall–Kier alpha value is -1.10. The van der Waals surface area contributed by atoms with E-state index < -0.39 is 5.60 Å². The second-order valence-corrected chi connectivity index (χ2v) is 5.52. The number of rotatable bonds is 5. The average Bonchev–Trinajstić information content (AvgIpc) is 2.71. The van der Waals surface area contributed by atoms with Crippen molar-refractivity contribution in [3.05, 3.63) is 29.8 Å². The van der Waals surface area contributed by atoms with Crippen LogP contribution in [0.25, 0.3) is 0 Å². The van der Waals surface area contributed by atoms with Gasteiger partial charge in [0.25, 0.3) is 0 Å². The summed E-state index contributed by atoms with van der Waals surface area (Å²) in [6.45, 7) is 5.19. The van der Waals surface area contributed by atoms with Gasteiger partial charge in [0.05, 0.1) is 6.10 Å². The van der Waals surface area contributed by atoms with Gasteiger partial charge in [-0.15, -0.1) is 0 Å². The van der Waals surface area contributed by atoms with Crippen LogP contribution in [0.1, 0.15) is 25.8 Å². The Morgan fingerprint density at radius 1 is 1.42 bits per heavy atom. The number of hydrogen-bond donors (Lipinski definition) is 3. The molecule has 0 amide bonds. The van der Waals surface area contributed by atoms with E-state index in [0.29, 0.717) is 19.6 Å². The van der Waals surface area contributed by atoms with Crippen molar-refractivity contribution in [3.63, 3.8) is 0 Å². The fraction of sp³-hybridized carbons (Fsp3) is 0.600. The number of aliphatic hydroxyl groups is 1. The number of phenolic OH excluding ortho intramolecular Hbond substituents is 1. The molecule has 106 valence electrons. The van der Waals surface area contributed by atoms with Crippen LogP contribution in [0.15, 0.2) is 24.3 Å². The van der Waals surface area contributed by atoms with Gasteiger partial charge in [-0.2, -0.15) is 0 Å². The summed E-state index contributed by atoms with van der Waals surface area (Å²) in [4.78, 5) is 0. The predicted octanol–water partition coefficient (Wildman–Crippen LogP) is 1.45. The first kappa shape index (κ1) is 14.3. The SMILES string of the molecule is CC(Cc1ccc(O)cc1)NCC1(O)CCOC1C. The second kappa shape index (κ2) is 5.90. The van der Waals surface area contributed by atoms with Crippen molar-refractivity contribution in [1.82, 2.24) is 5.32 Å². The van der Waals surface area contributed by atoms with Gasteiger partial charge >= 0.3 is 0 Å². The molecule has 1 aromatic carbocycles. The van der Waals surface area contributed by atoms with Gasteiger partial charge in [-0.05, 0) is 38.0 Å². The Morgan fingerprint density at radius 3 is 2.68 bits per heavy atom. The highest BCUT2D eigenvalue weighted by molar-refractivity contribution is 5.26. The van der Waals surface area contributed by atoms with Gasteiger partial charge < -0.3 is 20.3 Å². The third kappa shape index (κ3) is 3.69. The Labute approximate surface area is 114 Å². The lowest BCUT2D eigenvalue weighted by Gasteiger charge is -2.28. The van der Waals surface area contributed by atoms with Gasteiger partial charge in [0.2, 0.25) is 0 Å².